The first-order chi connectivity index (χ1) is 7.49. The third-order valence-electron chi connectivity index (χ3n) is 3.38. The molecule has 5 heteroatoms. The van der Waals surface area contributed by atoms with E-state index in [-0.39, 0.29) is 5.28 Å². The minimum Gasteiger partial charge on any atom is -0.394 e. The zero-order chi connectivity index (χ0) is 11.9. The Labute approximate surface area is 101 Å². The molecule has 2 heterocycles. The number of nitrogens with two attached hydrogens (primary N) is 1. The van der Waals surface area contributed by atoms with Gasteiger partial charge >= 0.3 is 0 Å². The number of rotatable bonds is 1. The maximum absolute atomic E-state index is 6.00. The highest BCUT2D eigenvalue weighted by Gasteiger charge is 2.28. The van der Waals surface area contributed by atoms with Crippen molar-refractivity contribution in [2.75, 3.05) is 23.7 Å². The van der Waals surface area contributed by atoms with Crippen molar-refractivity contribution >= 4 is 23.1 Å². The van der Waals surface area contributed by atoms with Crippen LogP contribution in [0.3, 0.4) is 0 Å². The molecular weight excluding hydrogens is 224 g/mol. The van der Waals surface area contributed by atoms with Gasteiger partial charge in [0.05, 0.1) is 11.4 Å². The fourth-order valence-electron chi connectivity index (χ4n) is 2.08. The molecule has 1 aliphatic heterocycles. The van der Waals surface area contributed by atoms with E-state index in [0.29, 0.717) is 17.5 Å². The van der Waals surface area contributed by atoms with Crippen molar-refractivity contribution in [1.29, 1.82) is 0 Å². The molecule has 1 aromatic heterocycles. The van der Waals surface area contributed by atoms with Crippen LogP contribution >= 0.6 is 11.6 Å². The maximum atomic E-state index is 6.00. The van der Waals surface area contributed by atoms with Crippen LogP contribution in [0.4, 0.5) is 11.5 Å². The van der Waals surface area contributed by atoms with Gasteiger partial charge in [-0.05, 0) is 30.4 Å². The van der Waals surface area contributed by atoms with Gasteiger partial charge in [0, 0.05) is 13.1 Å². The largest absolute Gasteiger partial charge is 0.394 e. The smallest absolute Gasteiger partial charge is 0.224 e. The number of anilines is 2. The molecule has 0 aromatic carbocycles. The zero-order valence-electron chi connectivity index (χ0n) is 9.87. The van der Waals surface area contributed by atoms with Gasteiger partial charge in [0.2, 0.25) is 5.28 Å². The van der Waals surface area contributed by atoms with Crippen LogP contribution in [0, 0.1) is 18.8 Å². The van der Waals surface area contributed by atoms with Crippen molar-refractivity contribution in [3.8, 4) is 0 Å². The second kappa shape index (κ2) is 4.09. The molecule has 16 heavy (non-hydrogen) atoms. The average molecular weight is 241 g/mol. The number of nitrogen functional groups attached to an aromatic ring is 1. The van der Waals surface area contributed by atoms with Crippen molar-refractivity contribution in [1.82, 2.24) is 9.97 Å². The summed E-state index contributed by atoms with van der Waals surface area (Å²) < 4.78 is 0. The van der Waals surface area contributed by atoms with Crippen LogP contribution in [0.1, 0.15) is 19.5 Å². The van der Waals surface area contributed by atoms with Crippen LogP contribution in [0.2, 0.25) is 5.28 Å². The summed E-state index contributed by atoms with van der Waals surface area (Å²) >= 11 is 5.87. The minimum atomic E-state index is 0.272. The van der Waals surface area contributed by atoms with Gasteiger partial charge in [-0.3, -0.25) is 0 Å². The van der Waals surface area contributed by atoms with E-state index in [1.165, 1.54) is 0 Å². The molecule has 4 nitrogen and oxygen atoms in total. The lowest BCUT2D eigenvalue weighted by Gasteiger charge is -2.19. The highest BCUT2D eigenvalue weighted by atomic mass is 35.5. The summed E-state index contributed by atoms with van der Waals surface area (Å²) in [6.07, 6.45) is 0. The quantitative estimate of drug-likeness (QED) is 0.764. The molecule has 1 aromatic rings. The Balaban J connectivity index is 2.34. The van der Waals surface area contributed by atoms with Crippen molar-refractivity contribution in [2.24, 2.45) is 11.8 Å². The Kier molecular flexibility index (Phi) is 2.93. The molecule has 0 radical (unpaired) electrons. The molecular formula is C11H17ClN4. The van der Waals surface area contributed by atoms with Crippen LogP contribution in [0.25, 0.3) is 0 Å². The van der Waals surface area contributed by atoms with Crippen LogP contribution in [0.15, 0.2) is 0 Å². The SMILES string of the molecule is Cc1nc(Cl)nc(N2CC(C)C(C)C2)c1N. The van der Waals surface area contributed by atoms with E-state index in [0.717, 1.165) is 24.6 Å². The third-order valence-corrected chi connectivity index (χ3v) is 3.55. The molecule has 1 fully saturated rings. The monoisotopic (exact) mass is 240 g/mol. The van der Waals surface area contributed by atoms with E-state index >= 15 is 0 Å². The Morgan fingerprint density at radius 3 is 2.38 bits per heavy atom. The zero-order valence-corrected chi connectivity index (χ0v) is 10.6. The first-order valence-corrected chi connectivity index (χ1v) is 5.91. The summed E-state index contributed by atoms with van der Waals surface area (Å²) in [5.41, 5.74) is 7.39. The van der Waals surface area contributed by atoms with Crippen LogP contribution < -0.4 is 10.6 Å². The van der Waals surface area contributed by atoms with Crippen molar-refractivity contribution in [3.63, 3.8) is 0 Å². The molecule has 1 aliphatic rings. The van der Waals surface area contributed by atoms with Crippen LogP contribution in [-0.4, -0.2) is 23.1 Å². The van der Waals surface area contributed by atoms with Crippen molar-refractivity contribution < 1.29 is 0 Å². The maximum Gasteiger partial charge on any atom is 0.224 e. The lowest BCUT2D eigenvalue weighted by Crippen LogP contribution is -2.23. The van der Waals surface area contributed by atoms with E-state index in [1.54, 1.807) is 0 Å². The van der Waals surface area contributed by atoms with Crippen LogP contribution in [0.5, 0.6) is 0 Å². The van der Waals surface area contributed by atoms with Gasteiger partial charge in [-0.25, -0.2) is 4.98 Å². The predicted octanol–water partition coefficient (Wildman–Crippen LogP) is 2.11. The number of hydrogen-bond donors (Lipinski definition) is 1. The number of hydrogen-bond acceptors (Lipinski definition) is 4. The van der Waals surface area contributed by atoms with Gasteiger partial charge in [0.25, 0.3) is 0 Å². The van der Waals surface area contributed by atoms with E-state index in [2.05, 4.69) is 28.7 Å². The highest BCUT2D eigenvalue weighted by molar-refractivity contribution is 6.28. The Bertz CT molecular complexity index is 397. The van der Waals surface area contributed by atoms with Crippen molar-refractivity contribution in [2.45, 2.75) is 20.8 Å². The van der Waals surface area contributed by atoms with Gasteiger partial charge in [0.1, 0.15) is 0 Å². The molecule has 88 valence electrons. The summed E-state index contributed by atoms with van der Waals surface area (Å²) in [5, 5.41) is 0.272. The average Bonchev–Trinajstić information content (AvgIpc) is 2.53. The number of nitrogens with zero attached hydrogens (tertiary/aromatic N) is 3. The van der Waals surface area contributed by atoms with Gasteiger partial charge in [0.15, 0.2) is 5.82 Å². The molecule has 0 spiro atoms. The molecule has 0 amide bonds. The lowest BCUT2D eigenvalue weighted by atomic mass is 10.0. The fraction of sp³-hybridized carbons (Fsp3) is 0.636. The second-order valence-corrected chi connectivity index (χ2v) is 5.01. The number of halogens is 1. The van der Waals surface area contributed by atoms with Gasteiger partial charge in [-0.1, -0.05) is 13.8 Å². The summed E-state index contributed by atoms with van der Waals surface area (Å²) in [6, 6.07) is 0. The standard InChI is InChI=1S/C11H17ClN4/c1-6-4-16(5-7(6)2)10-9(13)8(3)14-11(12)15-10/h6-7H,4-5,13H2,1-3H3. The Morgan fingerprint density at radius 2 is 1.81 bits per heavy atom. The topological polar surface area (TPSA) is 55.0 Å². The van der Waals surface area contributed by atoms with E-state index in [1.807, 2.05) is 6.92 Å². The molecule has 0 saturated carbocycles. The molecule has 2 rings (SSSR count). The molecule has 1 saturated heterocycles. The molecule has 0 aliphatic carbocycles. The second-order valence-electron chi connectivity index (χ2n) is 4.67. The highest BCUT2D eigenvalue weighted by Crippen LogP contribution is 2.31. The fourth-order valence-corrected chi connectivity index (χ4v) is 2.28. The third kappa shape index (κ3) is 1.94. The normalized spacial score (nSPS) is 25.1. The summed E-state index contributed by atoms with van der Waals surface area (Å²) in [6.45, 7) is 8.32. The number of aromatic nitrogens is 2. The lowest BCUT2D eigenvalue weighted by molar-refractivity contribution is 0.494. The van der Waals surface area contributed by atoms with Crippen LogP contribution in [-0.2, 0) is 0 Å². The van der Waals surface area contributed by atoms with Gasteiger partial charge in [-0.15, -0.1) is 0 Å². The first kappa shape index (κ1) is 11.5. The summed E-state index contributed by atoms with van der Waals surface area (Å²) in [4.78, 5) is 10.5. The number of aryl methyl sites for hydroxylation is 1. The van der Waals surface area contributed by atoms with Gasteiger partial charge < -0.3 is 10.6 Å². The Morgan fingerprint density at radius 1 is 1.25 bits per heavy atom. The van der Waals surface area contributed by atoms with Gasteiger partial charge in [-0.2, -0.15) is 4.98 Å². The predicted molar refractivity (Wildman–Crippen MR) is 66.7 cm³/mol. The minimum absolute atomic E-state index is 0.272. The molecule has 2 atom stereocenters. The van der Waals surface area contributed by atoms with Crippen molar-refractivity contribution in [3.05, 3.63) is 11.0 Å². The summed E-state index contributed by atoms with van der Waals surface area (Å²) in [7, 11) is 0. The van der Waals surface area contributed by atoms with E-state index in [9.17, 15) is 0 Å². The first-order valence-electron chi connectivity index (χ1n) is 5.53. The Hall–Kier alpha value is -1.03. The van der Waals surface area contributed by atoms with E-state index in [4.69, 9.17) is 17.3 Å². The molecule has 2 unspecified atom stereocenters. The van der Waals surface area contributed by atoms with E-state index < -0.39 is 0 Å². The molecule has 0 bridgehead atoms. The molecule has 2 N–H and O–H groups in total. The summed E-state index contributed by atoms with van der Waals surface area (Å²) in [5.74, 6) is 2.11.